The topological polar surface area (TPSA) is 12.0 Å². The first-order chi connectivity index (χ1) is 9.26. The number of thioether (sulfide) groups is 1. The normalized spacial score (nSPS) is 31.2. The van der Waals surface area contributed by atoms with E-state index in [9.17, 15) is 0 Å². The fourth-order valence-corrected chi connectivity index (χ4v) is 5.70. The lowest BCUT2D eigenvalue weighted by Crippen LogP contribution is -2.38. The van der Waals surface area contributed by atoms with Crippen LogP contribution < -0.4 is 5.32 Å². The minimum Gasteiger partial charge on any atom is -0.307 e. The minimum atomic E-state index is 0.554. The van der Waals surface area contributed by atoms with Gasteiger partial charge in [-0.2, -0.15) is 11.8 Å². The predicted molar refractivity (Wildman–Crippen MR) is 87.7 cm³/mol. The Morgan fingerprint density at radius 3 is 3.05 bits per heavy atom. The third-order valence-corrected chi connectivity index (χ3v) is 6.91. The zero-order valence-electron chi connectivity index (χ0n) is 11.5. The minimum absolute atomic E-state index is 0.554. The smallest absolute Gasteiger partial charge is 0.0934 e. The van der Waals surface area contributed by atoms with E-state index in [1.807, 2.05) is 11.8 Å². The second kappa shape index (κ2) is 6.38. The molecule has 0 amide bonds. The summed E-state index contributed by atoms with van der Waals surface area (Å²) >= 11 is 10.0. The number of rotatable bonds is 3. The van der Waals surface area contributed by atoms with Gasteiger partial charge in [-0.3, -0.25) is 0 Å². The van der Waals surface area contributed by atoms with Crippen molar-refractivity contribution >= 4 is 34.7 Å². The highest BCUT2D eigenvalue weighted by atomic mass is 35.5. The molecule has 106 valence electrons. The van der Waals surface area contributed by atoms with E-state index in [4.69, 9.17) is 11.6 Å². The van der Waals surface area contributed by atoms with Gasteiger partial charge in [-0.25, -0.2) is 0 Å². The molecule has 0 aromatic carbocycles. The van der Waals surface area contributed by atoms with Gasteiger partial charge < -0.3 is 5.32 Å². The van der Waals surface area contributed by atoms with Gasteiger partial charge in [0, 0.05) is 22.2 Å². The van der Waals surface area contributed by atoms with Crippen LogP contribution in [0.15, 0.2) is 6.07 Å². The quantitative estimate of drug-likeness (QED) is 0.838. The predicted octanol–water partition coefficient (Wildman–Crippen LogP) is 5.04. The summed E-state index contributed by atoms with van der Waals surface area (Å²) in [5.74, 6) is 0. The lowest BCUT2D eigenvalue weighted by Gasteiger charge is -2.33. The van der Waals surface area contributed by atoms with E-state index < -0.39 is 0 Å². The van der Waals surface area contributed by atoms with Crippen LogP contribution in [0.2, 0.25) is 4.34 Å². The van der Waals surface area contributed by atoms with Gasteiger partial charge in [0.25, 0.3) is 0 Å². The lowest BCUT2D eigenvalue weighted by atomic mass is 9.90. The molecule has 0 spiro atoms. The third kappa shape index (κ3) is 3.31. The van der Waals surface area contributed by atoms with Gasteiger partial charge >= 0.3 is 0 Å². The Hall–Kier alpha value is 0.300. The van der Waals surface area contributed by atoms with Crippen LogP contribution in [-0.4, -0.2) is 17.5 Å². The second-order valence-electron chi connectivity index (χ2n) is 5.76. The van der Waals surface area contributed by atoms with Gasteiger partial charge in [0.1, 0.15) is 0 Å². The Labute approximate surface area is 129 Å². The molecule has 0 radical (unpaired) electrons. The highest BCUT2D eigenvalue weighted by molar-refractivity contribution is 7.99. The highest BCUT2D eigenvalue weighted by Crippen LogP contribution is 2.39. The van der Waals surface area contributed by atoms with Crippen molar-refractivity contribution in [2.45, 2.75) is 62.3 Å². The Kier molecular flexibility index (Phi) is 4.78. The molecule has 0 saturated heterocycles. The molecular weight excluding hydrogens is 294 g/mol. The van der Waals surface area contributed by atoms with E-state index in [1.165, 1.54) is 55.4 Å². The number of hydrogen-bond acceptors (Lipinski definition) is 3. The summed E-state index contributed by atoms with van der Waals surface area (Å²) in [5.41, 5.74) is 1.49. The maximum absolute atomic E-state index is 6.19. The summed E-state index contributed by atoms with van der Waals surface area (Å²) < 4.78 is 0.962. The van der Waals surface area contributed by atoms with E-state index >= 15 is 0 Å². The number of aryl methyl sites for hydroxylation is 1. The van der Waals surface area contributed by atoms with Crippen molar-refractivity contribution in [1.82, 2.24) is 5.32 Å². The van der Waals surface area contributed by atoms with Crippen LogP contribution in [0.3, 0.4) is 0 Å². The Bertz CT molecular complexity index is 432. The zero-order valence-corrected chi connectivity index (χ0v) is 13.8. The SMILES string of the molecule is CSC1CCCC(NC2CCCc3sc(Cl)cc32)C1. The average Bonchev–Trinajstić information content (AvgIpc) is 2.80. The van der Waals surface area contributed by atoms with Crippen molar-refractivity contribution in [2.24, 2.45) is 0 Å². The zero-order chi connectivity index (χ0) is 13.2. The van der Waals surface area contributed by atoms with E-state index in [1.54, 1.807) is 11.3 Å². The molecular formula is C15H22ClNS2. The molecule has 1 aromatic rings. The van der Waals surface area contributed by atoms with Gasteiger partial charge in [-0.05, 0) is 56.4 Å². The maximum Gasteiger partial charge on any atom is 0.0934 e. The average molecular weight is 316 g/mol. The van der Waals surface area contributed by atoms with Gasteiger partial charge in [0.2, 0.25) is 0 Å². The molecule has 19 heavy (non-hydrogen) atoms. The molecule has 3 atom stereocenters. The molecule has 3 unspecified atom stereocenters. The van der Waals surface area contributed by atoms with Crippen LogP contribution >= 0.6 is 34.7 Å². The van der Waals surface area contributed by atoms with Crippen LogP contribution in [-0.2, 0) is 6.42 Å². The fourth-order valence-electron chi connectivity index (χ4n) is 3.49. The lowest BCUT2D eigenvalue weighted by molar-refractivity contribution is 0.327. The molecule has 1 heterocycles. The number of halogens is 1. The molecule has 1 saturated carbocycles. The van der Waals surface area contributed by atoms with Crippen molar-refractivity contribution in [2.75, 3.05) is 6.26 Å². The van der Waals surface area contributed by atoms with Crippen molar-refractivity contribution in [1.29, 1.82) is 0 Å². The number of thiophene rings is 1. The molecule has 1 fully saturated rings. The first-order valence-corrected chi connectivity index (χ1v) is 9.81. The van der Waals surface area contributed by atoms with Crippen LogP contribution in [0, 0.1) is 0 Å². The van der Waals surface area contributed by atoms with Crippen molar-refractivity contribution in [3.63, 3.8) is 0 Å². The maximum atomic E-state index is 6.19. The number of fused-ring (bicyclic) bond motifs is 1. The molecule has 1 nitrogen and oxygen atoms in total. The van der Waals surface area contributed by atoms with E-state index in [2.05, 4.69) is 17.6 Å². The van der Waals surface area contributed by atoms with Crippen LogP contribution in [0.4, 0.5) is 0 Å². The summed E-state index contributed by atoms with van der Waals surface area (Å²) in [5, 5.41) is 4.79. The molecule has 0 bridgehead atoms. The fraction of sp³-hybridized carbons (Fsp3) is 0.733. The number of nitrogens with one attached hydrogen (secondary N) is 1. The summed E-state index contributed by atoms with van der Waals surface area (Å²) in [6.45, 7) is 0. The first-order valence-electron chi connectivity index (χ1n) is 7.33. The van der Waals surface area contributed by atoms with E-state index in [-0.39, 0.29) is 0 Å². The summed E-state index contributed by atoms with van der Waals surface area (Å²) in [7, 11) is 0. The van der Waals surface area contributed by atoms with Crippen molar-refractivity contribution in [3.8, 4) is 0 Å². The molecule has 0 aliphatic heterocycles. The van der Waals surface area contributed by atoms with Gasteiger partial charge in [0.05, 0.1) is 4.34 Å². The summed E-state index contributed by atoms with van der Waals surface area (Å²) in [6, 6.07) is 3.46. The van der Waals surface area contributed by atoms with Gasteiger partial charge in [0.15, 0.2) is 0 Å². The summed E-state index contributed by atoms with van der Waals surface area (Å²) in [6.07, 6.45) is 11.5. The number of hydrogen-bond donors (Lipinski definition) is 1. The van der Waals surface area contributed by atoms with Crippen LogP contribution in [0.25, 0.3) is 0 Å². The van der Waals surface area contributed by atoms with Crippen LogP contribution in [0.1, 0.15) is 55.0 Å². The summed E-state index contributed by atoms with van der Waals surface area (Å²) in [4.78, 5) is 1.52. The largest absolute Gasteiger partial charge is 0.307 e. The Morgan fingerprint density at radius 1 is 1.32 bits per heavy atom. The highest BCUT2D eigenvalue weighted by Gasteiger charge is 2.27. The van der Waals surface area contributed by atoms with E-state index in [0.717, 1.165) is 9.59 Å². The Balaban J connectivity index is 1.67. The van der Waals surface area contributed by atoms with E-state index in [0.29, 0.717) is 12.1 Å². The third-order valence-electron chi connectivity index (χ3n) is 4.48. The Morgan fingerprint density at radius 2 is 2.21 bits per heavy atom. The molecule has 2 aliphatic carbocycles. The molecule has 3 rings (SSSR count). The molecule has 1 N–H and O–H groups in total. The molecule has 2 aliphatic rings. The standard InChI is InChI=1S/C15H22ClNS2/c1-18-11-5-2-4-10(8-11)17-13-6-3-7-14-12(13)9-15(16)19-14/h9-11,13,17H,2-8H2,1H3. The second-order valence-corrected chi connectivity index (χ2v) is 8.67. The van der Waals surface area contributed by atoms with Gasteiger partial charge in [-0.1, -0.05) is 18.0 Å². The van der Waals surface area contributed by atoms with Crippen LogP contribution in [0.5, 0.6) is 0 Å². The van der Waals surface area contributed by atoms with Crippen molar-refractivity contribution < 1.29 is 0 Å². The van der Waals surface area contributed by atoms with Crippen molar-refractivity contribution in [3.05, 3.63) is 20.8 Å². The monoisotopic (exact) mass is 315 g/mol. The van der Waals surface area contributed by atoms with Gasteiger partial charge in [-0.15, -0.1) is 11.3 Å². The first kappa shape index (κ1) is 14.2. The molecule has 1 aromatic heterocycles. The molecule has 4 heteroatoms.